The average molecular weight is 351 g/mol. The fourth-order valence-electron chi connectivity index (χ4n) is 2.37. The van der Waals surface area contributed by atoms with Gasteiger partial charge in [0.2, 0.25) is 5.91 Å². The molecule has 26 heavy (non-hydrogen) atoms. The molecule has 1 atom stereocenters. The van der Waals surface area contributed by atoms with Crippen molar-refractivity contribution in [2.75, 3.05) is 5.32 Å². The van der Waals surface area contributed by atoms with E-state index in [9.17, 15) is 19.5 Å². The zero-order chi connectivity index (χ0) is 19.1. The first-order chi connectivity index (χ1) is 12.4. The number of carbonyl (C=O) groups excluding carboxylic acids is 2. The van der Waals surface area contributed by atoms with Crippen molar-refractivity contribution in [1.82, 2.24) is 5.32 Å². The monoisotopic (exact) mass is 351 g/mol. The Balaban J connectivity index is 2.17. The molecule has 0 radical (unpaired) electrons. The third-order valence-electron chi connectivity index (χ3n) is 3.61. The van der Waals surface area contributed by atoms with Crippen LogP contribution >= 0.6 is 0 Å². The minimum absolute atomic E-state index is 0.0646. The molecule has 0 heterocycles. The van der Waals surface area contributed by atoms with Gasteiger partial charge in [-0.1, -0.05) is 24.3 Å². The Kier molecular flexibility index (Phi) is 6.06. The number of rotatable bonds is 6. The molecule has 0 unspecified atom stereocenters. The lowest BCUT2D eigenvalue weighted by molar-refractivity contribution is -0.139. The number of hydrogen-bond acceptors (Lipinski definition) is 4. The Hall–Kier alpha value is -3.66. The molecule has 2 rings (SSSR count). The number of para-hydroxylation sites is 1. The van der Waals surface area contributed by atoms with Gasteiger partial charge in [-0.25, -0.2) is 4.79 Å². The van der Waals surface area contributed by atoms with Crippen LogP contribution in [0.15, 0.2) is 48.5 Å². The first-order valence-corrected chi connectivity index (χ1v) is 7.80. The highest BCUT2D eigenvalue weighted by molar-refractivity contribution is 6.04. The Morgan fingerprint density at radius 2 is 1.77 bits per heavy atom. The zero-order valence-corrected chi connectivity index (χ0v) is 14.0. The van der Waals surface area contributed by atoms with Crippen LogP contribution in [0.3, 0.4) is 0 Å². The highest BCUT2D eigenvalue weighted by atomic mass is 16.4. The topological polar surface area (TPSA) is 119 Å². The molecule has 7 nitrogen and oxygen atoms in total. The molecular formula is C19H17N3O4. The average Bonchev–Trinajstić information content (AvgIpc) is 2.61. The number of anilines is 1. The van der Waals surface area contributed by atoms with Crippen LogP contribution in [0.5, 0.6) is 0 Å². The fraction of sp³-hybridized carbons (Fsp3) is 0.158. The smallest absolute Gasteiger partial charge is 0.326 e. The van der Waals surface area contributed by atoms with E-state index >= 15 is 0 Å². The highest BCUT2D eigenvalue weighted by Crippen LogP contribution is 2.15. The molecule has 0 saturated carbocycles. The zero-order valence-electron chi connectivity index (χ0n) is 14.0. The maximum absolute atomic E-state index is 12.5. The quantitative estimate of drug-likeness (QED) is 0.735. The van der Waals surface area contributed by atoms with Crippen LogP contribution in [-0.4, -0.2) is 28.9 Å². The van der Waals surface area contributed by atoms with Gasteiger partial charge in [-0.15, -0.1) is 0 Å². The number of amides is 2. The number of carboxylic acid groups (broad SMARTS) is 1. The summed E-state index contributed by atoms with van der Waals surface area (Å²) in [5.41, 5.74) is 1.62. The summed E-state index contributed by atoms with van der Waals surface area (Å²) in [6.07, 6.45) is 0.0646. The SMILES string of the molecule is CC(=O)Nc1ccccc1C(=O)N[C@@H](Cc1ccc(C#N)cc1)C(=O)O. The van der Waals surface area contributed by atoms with E-state index in [1.54, 1.807) is 42.5 Å². The van der Waals surface area contributed by atoms with Crippen LogP contribution < -0.4 is 10.6 Å². The van der Waals surface area contributed by atoms with Crippen molar-refractivity contribution in [3.8, 4) is 6.07 Å². The van der Waals surface area contributed by atoms with Gasteiger partial charge in [0, 0.05) is 13.3 Å². The lowest BCUT2D eigenvalue weighted by Crippen LogP contribution is -2.42. The van der Waals surface area contributed by atoms with Crippen molar-refractivity contribution in [1.29, 1.82) is 5.26 Å². The third-order valence-corrected chi connectivity index (χ3v) is 3.61. The molecule has 0 saturated heterocycles. The van der Waals surface area contributed by atoms with Gasteiger partial charge in [0.25, 0.3) is 5.91 Å². The summed E-state index contributed by atoms with van der Waals surface area (Å²) in [6.45, 7) is 1.32. The first kappa shape index (κ1) is 18.7. The molecule has 2 aromatic rings. The van der Waals surface area contributed by atoms with Crippen molar-refractivity contribution in [3.05, 3.63) is 65.2 Å². The molecule has 0 fully saturated rings. The molecule has 2 aromatic carbocycles. The molecule has 132 valence electrons. The largest absolute Gasteiger partial charge is 0.480 e. The van der Waals surface area contributed by atoms with E-state index in [0.717, 1.165) is 0 Å². The van der Waals surface area contributed by atoms with Gasteiger partial charge in [-0.3, -0.25) is 9.59 Å². The van der Waals surface area contributed by atoms with E-state index in [2.05, 4.69) is 10.6 Å². The molecule has 0 aliphatic heterocycles. The Morgan fingerprint density at radius 1 is 1.12 bits per heavy atom. The van der Waals surface area contributed by atoms with E-state index in [0.29, 0.717) is 16.8 Å². The lowest BCUT2D eigenvalue weighted by Gasteiger charge is -2.16. The maximum atomic E-state index is 12.5. The van der Waals surface area contributed by atoms with E-state index < -0.39 is 17.9 Å². The van der Waals surface area contributed by atoms with Gasteiger partial charge >= 0.3 is 5.97 Å². The third kappa shape index (κ3) is 4.92. The number of nitriles is 1. The molecule has 7 heteroatoms. The number of nitrogens with zero attached hydrogens (tertiary/aromatic N) is 1. The molecule has 3 N–H and O–H groups in total. The summed E-state index contributed by atoms with van der Waals surface area (Å²) in [7, 11) is 0. The van der Waals surface area contributed by atoms with Crippen molar-refractivity contribution in [2.45, 2.75) is 19.4 Å². The lowest BCUT2D eigenvalue weighted by atomic mass is 10.0. The number of benzene rings is 2. The summed E-state index contributed by atoms with van der Waals surface area (Å²) in [5, 5.41) is 23.2. The van der Waals surface area contributed by atoms with E-state index in [4.69, 9.17) is 5.26 Å². The molecule has 0 aromatic heterocycles. The maximum Gasteiger partial charge on any atom is 0.326 e. The summed E-state index contributed by atoms with van der Waals surface area (Å²) in [4.78, 5) is 35.3. The van der Waals surface area contributed by atoms with E-state index in [1.807, 2.05) is 6.07 Å². The second kappa shape index (κ2) is 8.44. The van der Waals surface area contributed by atoms with Crippen molar-refractivity contribution in [3.63, 3.8) is 0 Å². The van der Waals surface area contributed by atoms with Crippen LogP contribution in [0.1, 0.15) is 28.4 Å². The van der Waals surface area contributed by atoms with Crippen molar-refractivity contribution in [2.24, 2.45) is 0 Å². The second-order valence-electron chi connectivity index (χ2n) is 5.60. The second-order valence-corrected chi connectivity index (χ2v) is 5.60. The molecule has 2 amide bonds. The predicted molar refractivity (Wildman–Crippen MR) is 94.5 cm³/mol. The van der Waals surface area contributed by atoms with E-state index in [1.165, 1.54) is 13.0 Å². The molecule has 0 aliphatic rings. The molecule has 0 aliphatic carbocycles. The summed E-state index contributed by atoms with van der Waals surface area (Å²) in [5.74, 6) is -2.12. The van der Waals surface area contributed by atoms with Gasteiger partial charge in [0.1, 0.15) is 6.04 Å². The van der Waals surface area contributed by atoms with Gasteiger partial charge in [-0.05, 0) is 29.8 Å². The first-order valence-electron chi connectivity index (χ1n) is 7.80. The number of hydrogen-bond donors (Lipinski definition) is 3. The Morgan fingerprint density at radius 3 is 2.35 bits per heavy atom. The molecule has 0 bridgehead atoms. The van der Waals surface area contributed by atoms with Gasteiger partial charge < -0.3 is 15.7 Å². The predicted octanol–water partition coefficient (Wildman–Crippen LogP) is 1.94. The van der Waals surface area contributed by atoms with Crippen molar-refractivity contribution >= 4 is 23.5 Å². The summed E-state index contributed by atoms with van der Waals surface area (Å²) in [6, 6.07) is 13.6. The number of carboxylic acids is 1. The highest BCUT2D eigenvalue weighted by Gasteiger charge is 2.22. The Labute approximate surface area is 150 Å². The molecule has 0 spiro atoms. The van der Waals surface area contributed by atoms with Crippen LogP contribution in [0, 0.1) is 11.3 Å². The minimum atomic E-state index is -1.18. The van der Waals surface area contributed by atoms with E-state index in [-0.39, 0.29) is 17.9 Å². The fourth-order valence-corrected chi connectivity index (χ4v) is 2.37. The summed E-state index contributed by atoms with van der Waals surface area (Å²) >= 11 is 0. The van der Waals surface area contributed by atoms with Crippen LogP contribution in [0.2, 0.25) is 0 Å². The number of carbonyl (C=O) groups is 3. The molecular weight excluding hydrogens is 334 g/mol. The normalized spacial score (nSPS) is 11.1. The summed E-state index contributed by atoms with van der Waals surface area (Å²) < 4.78 is 0. The number of nitrogens with one attached hydrogen (secondary N) is 2. The van der Waals surface area contributed by atoms with Gasteiger partial charge in [-0.2, -0.15) is 5.26 Å². The Bertz CT molecular complexity index is 869. The van der Waals surface area contributed by atoms with Crippen LogP contribution in [0.4, 0.5) is 5.69 Å². The number of aliphatic carboxylic acids is 1. The van der Waals surface area contributed by atoms with Gasteiger partial charge in [0.15, 0.2) is 0 Å². The minimum Gasteiger partial charge on any atom is -0.480 e. The van der Waals surface area contributed by atoms with Gasteiger partial charge in [0.05, 0.1) is 22.9 Å². The standard InChI is InChI=1S/C19H17N3O4/c1-12(23)21-16-5-3-2-4-15(16)18(24)22-17(19(25)26)10-13-6-8-14(11-20)9-7-13/h2-9,17H,10H2,1H3,(H,21,23)(H,22,24)(H,25,26)/t17-/m0/s1. The van der Waals surface area contributed by atoms with Crippen LogP contribution in [-0.2, 0) is 16.0 Å². The van der Waals surface area contributed by atoms with Crippen molar-refractivity contribution < 1.29 is 19.5 Å². The van der Waals surface area contributed by atoms with Crippen LogP contribution in [0.25, 0.3) is 0 Å².